The summed E-state index contributed by atoms with van der Waals surface area (Å²) >= 11 is 0. The molecular weight excluding hydrogens is 140 g/mol. The second-order valence-electron chi connectivity index (χ2n) is 3.47. The van der Waals surface area contributed by atoms with Gasteiger partial charge < -0.3 is 9.47 Å². The van der Waals surface area contributed by atoms with Crippen molar-refractivity contribution < 1.29 is 9.47 Å². The summed E-state index contributed by atoms with van der Waals surface area (Å²) in [4.78, 5) is 0. The average molecular weight is 156 g/mol. The summed E-state index contributed by atoms with van der Waals surface area (Å²) in [6.45, 7) is 4.06. The molecule has 0 aliphatic carbocycles. The molecule has 2 nitrogen and oxygen atoms in total. The number of hydrogen-bond donors (Lipinski definition) is 0. The molecule has 2 heterocycles. The normalized spacial score (nSPS) is 43.9. The predicted molar refractivity (Wildman–Crippen MR) is 42.5 cm³/mol. The maximum atomic E-state index is 5.66. The van der Waals surface area contributed by atoms with Gasteiger partial charge in [0.25, 0.3) is 0 Å². The highest BCUT2D eigenvalue weighted by Gasteiger charge is 2.37. The summed E-state index contributed by atoms with van der Waals surface area (Å²) < 4.78 is 11.3. The molecule has 2 aliphatic heterocycles. The highest BCUT2D eigenvalue weighted by atomic mass is 16.5. The molecule has 0 unspecified atom stereocenters. The number of rotatable bonds is 1. The first-order valence-electron chi connectivity index (χ1n) is 4.65. The first-order chi connectivity index (χ1) is 5.42. The van der Waals surface area contributed by atoms with Gasteiger partial charge in [0.2, 0.25) is 0 Å². The molecule has 2 rings (SSSR count). The van der Waals surface area contributed by atoms with E-state index in [4.69, 9.17) is 9.47 Å². The Morgan fingerprint density at radius 3 is 2.82 bits per heavy atom. The molecule has 0 radical (unpaired) electrons. The smallest absolute Gasteiger partial charge is 0.0650 e. The van der Waals surface area contributed by atoms with Crippen LogP contribution in [-0.2, 0) is 9.47 Å². The number of ether oxygens (including phenoxy) is 2. The fraction of sp³-hybridized carbons (Fsp3) is 1.00. The lowest BCUT2D eigenvalue weighted by atomic mass is 9.89. The van der Waals surface area contributed by atoms with Gasteiger partial charge in [-0.05, 0) is 19.3 Å². The van der Waals surface area contributed by atoms with Gasteiger partial charge in [-0.15, -0.1) is 0 Å². The molecule has 0 spiro atoms. The van der Waals surface area contributed by atoms with Crippen LogP contribution in [-0.4, -0.2) is 25.4 Å². The molecule has 0 saturated carbocycles. The van der Waals surface area contributed by atoms with Gasteiger partial charge in [-0.1, -0.05) is 6.92 Å². The Kier molecular flexibility index (Phi) is 2.14. The van der Waals surface area contributed by atoms with Gasteiger partial charge in [0, 0.05) is 19.1 Å². The zero-order valence-electron chi connectivity index (χ0n) is 7.08. The summed E-state index contributed by atoms with van der Waals surface area (Å²) in [6.07, 6.45) is 4.47. The largest absolute Gasteiger partial charge is 0.378 e. The third-order valence-electron chi connectivity index (χ3n) is 2.87. The zero-order valence-corrected chi connectivity index (χ0v) is 7.08. The van der Waals surface area contributed by atoms with Gasteiger partial charge in [-0.25, -0.2) is 0 Å². The average Bonchev–Trinajstić information content (AvgIpc) is 2.50. The van der Waals surface area contributed by atoms with Gasteiger partial charge >= 0.3 is 0 Å². The maximum Gasteiger partial charge on any atom is 0.0650 e. The van der Waals surface area contributed by atoms with Crippen molar-refractivity contribution in [2.75, 3.05) is 13.2 Å². The third kappa shape index (κ3) is 1.30. The molecule has 0 N–H and O–H groups in total. The van der Waals surface area contributed by atoms with E-state index >= 15 is 0 Å². The molecular formula is C9H16O2. The van der Waals surface area contributed by atoms with Crippen LogP contribution in [0.3, 0.4) is 0 Å². The second kappa shape index (κ2) is 3.11. The fourth-order valence-electron chi connectivity index (χ4n) is 2.27. The standard InChI is InChI=1S/C9H16O2/c1-2-8-7-3-5-11-9(7)4-6-10-8/h7-9H,2-6H2,1H3/t7-,8+,9+/m1/s1. The number of hydrogen-bond acceptors (Lipinski definition) is 2. The summed E-state index contributed by atoms with van der Waals surface area (Å²) in [5, 5.41) is 0. The Morgan fingerprint density at radius 2 is 2.00 bits per heavy atom. The molecule has 0 aromatic rings. The lowest BCUT2D eigenvalue weighted by Crippen LogP contribution is -2.36. The lowest BCUT2D eigenvalue weighted by molar-refractivity contribution is -0.0748. The quantitative estimate of drug-likeness (QED) is 0.574. The molecule has 0 aromatic carbocycles. The van der Waals surface area contributed by atoms with Crippen molar-refractivity contribution in [3.05, 3.63) is 0 Å². The minimum Gasteiger partial charge on any atom is -0.378 e. The van der Waals surface area contributed by atoms with Crippen molar-refractivity contribution in [3.63, 3.8) is 0 Å². The van der Waals surface area contributed by atoms with E-state index in [-0.39, 0.29) is 0 Å². The second-order valence-corrected chi connectivity index (χ2v) is 3.47. The fourth-order valence-corrected chi connectivity index (χ4v) is 2.27. The van der Waals surface area contributed by atoms with Gasteiger partial charge in [0.05, 0.1) is 12.2 Å². The molecule has 0 bridgehead atoms. The molecule has 2 aliphatic rings. The maximum absolute atomic E-state index is 5.66. The van der Waals surface area contributed by atoms with Crippen molar-refractivity contribution >= 4 is 0 Å². The van der Waals surface area contributed by atoms with Crippen LogP contribution in [0.2, 0.25) is 0 Å². The first-order valence-corrected chi connectivity index (χ1v) is 4.65. The van der Waals surface area contributed by atoms with Gasteiger partial charge in [0.1, 0.15) is 0 Å². The minimum absolute atomic E-state index is 0.483. The molecule has 2 heteroatoms. The predicted octanol–water partition coefficient (Wildman–Crippen LogP) is 1.59. The van der Waals surface area contributed by atoms with Crippen molar-refractivity contribution in [2.45, 2.75) is 38.4 Å². The summed E-state index contributed by atoms with van der Waals surface area (Å²) in [5.41, 5.74) is 0. The highest BCUT2D eigenvalue weighted by Crippen LogP contribution is 2.33. The van der Waals surface area contributed by atoms with Crippen LogP contribution in [0.5, 0.6) is 0 Å². The topological polar surface area (TPSA) is 18.5 Å². The van der Waals surface area contributed by atoms with E-state index in [0.29, 0.717) is 18.1 Å². The Morgan fingerprint density at radius 1 is 1.18 bits per heavy atom. The van der Waals surface area contributed by atoms with Gasteiger partial charge in [0.15, 0.2) is 0 Å². The lowest BCUT2D eigenvalue weighted by Gasteiger charge is -2.32. The molecule has 2 saturated heterocycles. The van der Waals surface area contributed by atoms with E-state index in [1.54, 1.807) is 0 Å². The molecule has 11 heavy (non-hydrogen) atoms. The summed E-state index contributed by atoms with van der Waals surface area (Å²) in [5.74, 6) is 0.703. The van der Waals surface area contributed by atoms with Crippen molar-refractivity contribution in [1.29, 1.82) is 0 Å². The Hall–Kier alpha value is -0.0800. The van der Waals surface area contributed by atoms with E-state index in [9.17, 15) is 0 Å². The SMILES string of the molecule is CC[C@@H]1OCC[C@@H]2OCC[C@H]12. The highest BCUT2D eigenvalue weighted by molar-refractivity contribution is 4.85. The monoisotopic (exact) mass is 156 g/mol. The van der Waals surface area contributed by atoms with Crippen LogP contribution < -0.4 is 0 Å². The molecule has 64 valence electrons. The van der Waals surface area contributed by atoms with Crippen molar-refractivity contribution in [1.82, 2.24) is 0 Å². The molecule has 0 amide bonds. The van der Waals surface area contributed by atoms with E-state index in [2.05, 4.69) is 6.92 Å². The van der Waals surface area contributed by atoms with Crippen LogP contribution in [0.15, 0.2) is 0 Å². The summed E-state index contributed by atoms with van der Waals surface area (Å²) in [7, 11) is 0. The number of fused-ring (bicyclic) bond motifs is 1. The Balaban J connectivity index is 2.00. The first kappa shape index (κ1) is 7.56. The zero-order chi connectivity index (χ0) is 7.68. The Bertz CT molecular complexity index is 136. The van der Waals surface area contributed by atoms with Crippen LogP contribution >= 0.6 is 0 Å². The molecule has 2 fully saturated rings. The van der Waals surface area contributed by atoms with Crippen LogP contribution in [0.25, 0.3) is 0 Å². The van der Waals surface area contributed by atoms with E-state index in [1.165, 1.54) is 6.42 Å². The summed E-state index contributed by atoms with van der Waals surface area (Å²) in [6, 6.07) is 0. The van der Waals surface area contributed by atoms with Crippen molar-refractivity contribution in [3.8, 4) is 0 Å². The Labute approximate surface area is 67.9 Å². The van der Waals surface area contributed by atoms with E-state index in [0.717, 1.165) is 26.1 Å². The van der Waals surface area contributed by atoms with Crippen LogP contribution in [0.1, 0.15) is 26.2 Å². The minimum atomic E-state index is 0.483. The van der Waals surface area contributed by atoms with E-state index < -0.39 is 0 Å². The van der Waals surface area contributed by atoms with Gasteiger partial charge in [-0.3, -0.25) is 0 Å². The van der Waals surface area contributed by atoms with E-state index in [1.807, 2.05) is 0 Å². The molecule has 0 aromatic heterocycles. The molecule has 3 atom stereocenters. The van der Waals surface area contributed by atoms with Crippen LogP contribution in [0.4, 0.5) is 0 Å². The third-order valence-corrected chi connectivity index (χ3v) is 2.87. The van der Waals surface area contributed by atoms with Gasteiger partial charge in [-0.2, -0.15) is 0 Å². The van der Waals surface area contributed by atoms with Crippen LogP contribution in [0, 0.1) is 5.92 Å². The van der Waals surface area contributed by atoms with Crippen molar-refractivity contribution in [2.24, 2.45) is 5.92 Å².